The Balaban J connectivity index is 2.85. The van der Waals surface area contributed by atoms with Gasteiger partial charge in [0.05, 0.1) is 13.0 Å². The maximum atomic E-state index is 11.1. The zero-order valence-corrected chi connectivity index (χ0v) is 9.74. The lowest BCUT2D eigenvalue weighted by atomic mass is 10.1. The van der Waals surface area contributed by atoms with Gasteiger partial charge in [-0.3, -0.25) is 0 Å². The molecule has 0 N–H and O–H groups in total. The number of alkyl halides is 1. The summed E-state index contributed by atoms with van der Waals surface area (Å²) in [5.41, 5.74) is 0.796. The number of hydrogen-bond acceptors (Lipinski definition) is 3. The summed E-state index contributed by atoms with van der Waals surface area (Å²) in [7, 11) is 1.57. The van der Waals surface area contributed by atoms with E-state index in [1.54, 1.807) is 13.2 Å². The van der Waals surface area contributed by atoms with E-state index in [9.17, 15) is 4.79 Å². The van der Waals surface area contributed by atoms with Crippen LogP contribution in [0.3, 0.4) is 0 Å². The van der Waals surface area contributed by atoms with E-state index in [-0.39, 0.29) is 5.88 Å². The average Bonchev–Trinajstić information content (AvgIpc) is 2.35. The lowest BCUT2D eigenvalue weighted by Gasteiger charge is -2.15. The highest BCUT2D eigenvalue weighted by atomic mass is 35.5. The third kappa shape index (κ3) is 3.28. The molecule has 0 radical (unpaired) electrons. The largest absolute Gasteiger partial charge is 0.497 e. The Labute approximate surface area is 99.6 Å². The Bertz CT molecular complexity index is 376. The van der Waals surface area contributed by atoms with Gasteiger partial charge in [0.25, 0.3) is 0 Å². The predicted octanol–water partition coefficient (Wildman–Crippen LogP) is 2.70. The molecular weight excluding hydrogens is 228 g/mol. The van der Waals surface area contributed by atoms with Gasteiger partial charge in [-0.25, -0.2) is 4.79 Å². The number of carbonyl (C=O) groups is 1. The first-order chi connectivity index (χ1) is 7.71. The van der Waals surface area contributed by atoms with Crippen molar-refractivity contribution < 1.29 is 14.3 Å². The summed E-state index contributed by atoms with van der Waals surface area (Å²) in [4.78, 5) is 11.1. The number of methoxy groups -OCH3 is 1. The van der Waals surface area contributed by atoms with Crippen LogP contribution in [-0.4, -0.2) is 19.0 Å². The second kappa shape index (κ2) is 6.18. The minimum absolute atomic E-state index is 0.187. The Hall–Kier alpha value is -1.48. The fourth-order valence-corrected chi connectivity index (χ4v) is 1.46. The molecule has 0 aromatic heterocycles. The quantitative estimate of drug-likeness (QED) is 0.451. The monoisotopic (exact) mass is 240 g/mol. The van der Waals surface area contributed by atoms with E-state index < -0.39 is 12.1 Å². The maximum absolute atomic E-state index is 11.1. The molecule has 3 nitrogen and oxygen atoms in total. The fraction of sp³-hybridized carbons (Fsp3) is 0.250. The van der Waals surface area contributed by atoms with E-state index >= 15 is 0 Å². The van der Waals surface area contributed by atoms with Crippen LogP contribution in [0, 0.1) is 0 Å². The normalized spacial score (nSPS) is 11.6. The van der Waals surface area contributed by atoms with Gasteiger partial charge in [0.1, 0.15) is 11.9 Å². The van der Waals surface area contributed by atoms with Gasteiger partial charge in [0.15, 0.2) is 0 Å². The van der Waals surface area contributed by atoms with Gasteiger partial charge in [-0.05, 0) is 17.7 Å². The maximum Gasteiger partial charge on any atom is 0.330 e. The van der Waals surface area contributed by atoms with Crippen LogP contribution in [0.25, 0.3) is 0 Å². The summed E-state index contributed by atoms with van der Waals surface area (Å²) in [5, 5.41) is 0. The number of rotatable bonds is 5. The third-order valence-corrected chi connectivity index (χ3v) is 2.31. The van der Waals surface area contributed by atoms with Crippen LogP contribution in [0.5, 0.6) is 5.75 Å². The molecule has 0 saturated carbocycles. The first-order valence-electron chi connectivity index (χ1n) is 4.74. The van der Waals surface area contributed by atoms with Crippen molar-refractivity contribution in [2.45, 2.75) is 6.10 Å². The van der Waals surface area contributed by atoms with Crippen LogP contribution in [0.1, 0.15) is 11.7 Å². The Kier molecular flexibility index (Phi) is 4.86. The number of carbonyl (C=O) groups excluding carboxylic acids is 1. The molecule has 0 aliphatic carbocycles. The third-order valence-electron chi connectivity index (χ3n) is 2.03. The molecule has 4 heteroatoms. The molecule has 86 valence electrons. The molecule has 1 aromatic carbocycles. The van der Waals surface area contributed by atoms with Crippen molar-refractivity contribution >= 4 is 17.6 Å². The molecule has 0 fully saturated rings. The molecule has 16 heavy (non-hydrogen) atoms. The van der Waals surface area contributed by atoms with E-state index in [0.717, 1.165) is 11.6 Å². The summed E-state index contributed by atoms with van der Waals surface area (Å²) in [6, 6.07) is 7.23. The van der Waals surface area contributed by atoms with Gasteiger partial charge in [0.2, 0.25) is 0 Å². The van der Waals surface area contributed by atoms with E-state index in [1.807, 2.05) is 18.2 Å². The summed E-state index contributed by atoms with van der Waals surface area (Å²) in [6.45, 7) is 3.33. The summed E-state index contributed by atoms with van der Waals surface area (Å²) < 4.78 is 10.2. The topological polar surface area (TPSA) is 35.5 Å². The second-order valence-electron chi connectivity index (χ2n) is 3.06. The smallest absolute Gasteiger partial charge is 0.330 e. The number of benzene rings is 1. The van der Waals surface area contributed by atoms with Gasteiger partial charge in [-0.15, -0.1) is 11.6 Å². The van der Waals surface area contributed by atoms with Crippen molar-refractivity contribution in [3.05, 3.63) is 42.5 Å². The first kappa shape index (κ1) is 12.6. The van der Waals surface area contributed by atoms with E-state index in [4.69, 9.17) is 21.1 Å². The minimum Gasteiger partial charge on any atom is -0.497 e. The highest BCUT2D eigenvalue weighted by Crippen LogP contribution is 2.23. The van der Waals surface area contributed by atoms with Gasteiger partial charge in [-0.2, -0.15) is 0 Å². The fourth-order valence-electron chi connectivity index (χ4n) is 1.22. The average molecular weight is 241 g/mol. The number of hydrogen-bond donors (Lipinski definition) is 0. The molecular formula is C12H13ClO3. The first-order valence-corrected chi connectivity index (χ1v) is 5.27. The van der Waals surface area contributed by atoms with Crippen molar-refractivity contribution in [3.8, 4) is 5.75 Å². The summed E-state index contributed by atoms with van der Waals surface area (Å²) >= 11 is 5.75. The number of ether oxygens (including phenoxy) is 2. The SMILES string of the molecule is C=CC(=O)OC(CCl)c1cccc(OC)c1. The van der Waals surface area contributed by atoms with Crippen LogP contribution in [0.4, 0.5) is 0 Å². The van der Waals surface area contributed by atoms with Crippen molar-refractivity contribution in [1.82, 2.24) is 0 Å². The van der Waals surface area contributed by atoms with Crippen LogP contribution >= 0.6 is 11.6 Å². The molecule has 0 aliphatic rings. The molecule has 1 unspecified atom stereocenters. The van der Waals surface area contributed by atoms with Gasteiger partial charge in [-0.1, -0.05) is 18.7 Å². The van der Waals surface area contributed by atoms with Crippen molar-refractivity contribution in [3.63, 3.8) is 0 Å². The molecule has 0 amide bonds. The zero-order chi connectivity index (χ0) is 12.0. The molecule has 1 rings (SSSR count). The zero-order valence-electron chi connectivity index (χ0n) is 8.98. The minimum atomic E-state index is -0.492. The number of esters is 1. The molecule has 0 spiro atoms. The molecule has 0 aliphatic heterocycles. The summed E-state index contributed by atoms with van der Waals surface area (Å²) in [6.07, 6.45) is 0.627. The van der Waals surface area contributed by atoms with Crippen LogP contribution < -0.4 is 4.74 Å². The van der Waals surface area contributed by atoms with E-state index in [1.165, 1.54) is 0 Å². The highest BCUT2D eigenvalue weighted by Gasteiger charge is 2.14. The Morgan fingerprint density at radius 2 is 2.38 bits per heavy atom. The molecule has 0 saturated heterocycles. The van der Waals surface area contributed by atoms with Gasteiger partial charge < -0.3 is 9.47 Å². The molecule has 1 atom stereocenters. The second-order valence-corrected chi connectivity index (χ2v) is 3.37. The molecule has 1 aromatic rings. The Morgan fingerprint density at radius 1 is 1.62 bits per heavy atom. The summed E-state index contributed by atoms with van der Waals surface area (Å²) in [5.74, 6) is 0.392. The number of halogens is 1. The Morgan fingerprint density at radius 3 is 2.94 bits per heavy atom. The van der Waals surface area contributed by atoms with E-state index in [0.29, 0.717) is 5.75 Å². The predicted molar refractivity (Wildman–Crippen MR) is 62.7 cm³/mol. The lowest BCUT2D eigenvalue weighted by molar-refractivity contribution is -0.142. The van der Waals surface area contributed by atoms with Crippen molar-refractivity contribution in [2.24, 2.45) is 0 Å². The van der Waals surface area contributed by atoms with Gasteiger partial charge >= 0.3 is 5.97 Å². The van der Waals surface area contributed by atoms with Crippen molar-refractivity contribution in [1.29, 1.82) is 0 Å². The van der Waals surface area contributed by atoms with Crippen LogP contribution in [0.15, 0.2) is 36.9 Å². The lowest BCUT2D eigenvalue weighted by Crippen LogP contribution is -2.10. The standard InChI is InChI=1S/C12H13ClO3/c1-3-12(14)16-11(8-13)9-5-4-6-10(7-9)15-2/h3-7,11H,1,8H2,2H3. The highest BCUT2D eigenvalue weighted by molar-refractivity contribution is 6.18. The van der Waals surface area contributed by atoms with Crippen molar-refractivity contribution in [2.75, 3.05) is 13.0 Å². The van der Waals surface area contributed by atoms with Gasteiger partial charge in [0, 0.05) is 6.08 Å². The van der Waals surface area contributed by atoms with Crippen LogP contribution in [-0.2, 0) is 9.53 Å². The molecule has 0 heterocycles. The molecule has 0 bridgehead atoms. The van der Waals surface area contributed by atoms with Crippen LogP contribution in [0.2, 0.25) is 0 Å². The van der Waals surface area contributed by atoms with E-state index in [2.05, 4.69) is 6.58 Å².